The summed E-state index contributed by atoms with van der Waals surface area (Å²) in [5.41, 5.74) is 2.11. The van der Waals surface area contributed by atoms with Gasteiger partial charge in [0.25, 0.3) is 0 Å². The van der Waals surface area contributed by atoms with Gasteiger partial charge in [0.05, 0.1) is 17.1 Å². The lowest BCUT2D eigenvalue weighted by molar-refractivity contribution is -0.142. The monoisotopic (exact) mass is 318 g/mol. The van der Waals surface area contributed by atoms with Crippen LogP contribution in [0.1, 0.15) is 11.4 Å². The Hall–Kier alpha value is -3.33. The summed E-state index contributed by atoms with van der Waals surface area (Å²) in [7, 11) is 0. The number of alkyl halides is 3. The van der Waals surface area contributed by atoms with Crippen molar-refractivity contribution in [3.8, 4) is 17.8 Å². The summed E-state index contributed by atoms with van der Waals surface area (Å²) < 4.78 is 39.7. The van der Waals surface area contributed by atoms with Crippen LogP contribution in [0, 0.1) is 29.6 Å². The maximum absolute atomic E-state index is 13.0. The van der Waals surface area contributed by atoms with Gasteiger partial charge in [-0.15, -0.1) is 0 Å². The molecule has 23 heavy (non-hydrogen) atoms. The second-order valence-electron chi connectivity index (χ2n) is 4.42. The van der Waals surface area contributed by atoms with Gasteiger partial charge in [-0.3, -0.25) is 5.43 Å². The number of aromatic nitrogens is 2. The first kappa shape index (κ1) is 16.0. The van der Waals surface area contributed by atoms with Gasteiger partial charge in [0.15, 0.2) is 0 Å². The predicted molar refractivity (Wildman–Crippen MR) is 75.6 cm³/mol. The van der Waals surface area contributed by atoms with E-state index in [4.69, 9.17) is 10.5 Å². The van der Waals surface area contributed by atoms with Crippen LogP contribution in [0.15, 0.2) is 35.4 Å². The summed E-state index contributed by atoms with van der Waals surface area (Å²) in [6.45, 7) is 1.47. The van der Waals surface area contributed by atoms with Crippen molar-refractivity contribution in [3.63, 3.8) is 0 Å². The van der Waals surface area contributed by atoms with E-state index in [9.17, 15) is 13.2 Å². The molecule has 2 aromatic rings. The van der Waals surface area contributed by atoms with Gasteiger partial charge in [-0.2, -0.15) is 33.9 Å². The van der Waals surface area contributed by atoms with Crippen LogP contribution in [0.2, 0.25) is 0 Å². The number of hydrazone groups is 1. The van der Waals surface area contributed by atoms with Crippen LogP contribution in [-0.2, 0) is 6.18 Å². The van der Waals surface area contributed by atoms with Gasteiger partial charge in [0.1, 0.15) is 17.8 Å². The quantitative estimate of drug-likeness (QED) is 0.696. The van der Waals surface area contributed by atoms with Crippen molar-refractivity contribution in [1.82, 2.24) is 9.78 Å². The molecule has 0 aliphatic carbocycles. The minimum atomic E-state index is -4.52. The molecule has 0 spiro atoms. The van der Waals surface area contributed by atoms with Crippen molar-refractivity contribution in [2.75, 3.05) is 5.43 Å². The molecule has 0 fully saturated rings. The molecule has 9 heteroatoms. The summed E-state index contributed by atoms with van der Waals surface area (Å²) >= 11 is 0. The summed E-state index contributed by atoms with van der Waals surface area (Å²) in [4.78, 5) is 0. The van der Waals surface area contributed by atoms with Gasteiger partial charge in [-0.25, -0.2) is 4.68 Å². The van der Waals surface area contributed by atoms with Gasteiger partial charge in [0.2, 0.25) is 5.71 Å². The number of nitrogens with one attached hydrogen (secondary N) is 1. The van der Waals surface area contributed by atoms with E-state index in [2.05, 4.69) is 15.6 Å². The number of nitriles is 2. The van der Waals surface area contributed by atoms with E-state index in [-0.39, 0.29) is 17.1 Å². The zero-order chi connectivity index (χ0) is 17.0. The number of rotatable bonds is 3. The van der Waals surface area contributed by atoms with E-state index in [1.165, 1.54) is 31.2 Å². The Bertz CT molecular complexity index is 802. The molecular formula is C14H9F3N6. The lowest BCUT2D eigenvalue weighted by atomic mass is 10.2. The van der Waals surface area contributed by atoms with E-state index in [0.29, 0.717) is 5.69 Å². The third kappa shape index (κ3) is 3.66. The van der Waals surface area contributed by atoms with Crippen molar-refractivity contribution < 1.29 is 13.2 Å². The van der Waals surface area contributed by atoms with Gasteiger partial charge in [0, 0.05) is 0 Å². The Morgan fingerprint density at radius 1 is 1.22 bits per heavy atom. The normalized spacial score (nSPS) is 10.5. The minimum Gasteiger partial charge on any atom is -0.277 e. The lowest BCUT2D eigenvalue weighted by Crippen LogP contribution is -2.13. The molecular weight excluding hydrogens is 309 g/mol. The Balaban J connectivity index is 2.30. The fraction of sp³-hybridized carbons (Fsp3) is 0.143. The molecule has 0 aliphatic rings. The largest absolute Gasteiger partial charge is 0.433 e. The molecule has 1 aromatic heterocycles. The summed E-state index contributed by atoms with van der Waals surface area (Å²) in [6.07, 6.45) is -4.52. The number of benzene rings is 1. The number of halogens is 3. The Morgan fingerprint density at radius 3 is 2.35 bits per heavy atom. The smallest absolute Gasteiger partial charge is 0.277 e. The van der Waals surface area contributed by atoms with E-state index < -0.39 is 11.9 Å². The van der Waals surface area contributed by atoms with Crippen LogP contribution in [0.4, 0.5) is 18.9 Å². The van der Waals surface area contributed by atoms with Gasteiger partial charge in [-0.05, 0) is 37.3 Å². The SMILES string of the molecule is Cc1cc(C(F)(F)F)n(-c2ccc(NN=C(C#N)C#N)cc2)n1. The molecule has 0 amide bonds. The van der Waals surface area contributed by atoms with Crippen LogP contribution in [-0.4, -0.2) is 15.5 Å². The Labute approximate surface area is 129 Å². The molecule has 0 atom stereocenters. The number of aryl methyl sites for hydroxylation is 1. The Kier molecular flexibility index (Phi) is 4.32. The standard InChI is InChI=1S/C14H9F3N6/c1-9-6-13(14(15,16)17)23(22-9)12-4-2-10(3-5-12)20-21-11(7-18)8-19/h2-6,20H,1H3. The molecule has 0 aliphatic heterocycles. The fourth-order valence-electron chi connectivity index (χ4n) is 1.77. The van der Waals surface area contributed by atoms with Crippen molar-refractivity contribution in [3.05, 3.63) is 41.7 Å². The first-order valence-corrected chi connectivity index (χ1v) is 6.23. The highest BCUT2D eigenvalue weighted by Crippen LogP contribution is 2.31. The summed E-state index contributed by atoms with van der Waals surface area (Å²) in [5, 5.41) is 24.5. The van der Waals surface area contributed by atoms with Crippen molar-refractivity contribution in [2.24, 2.45) is 5.10 Å². The first-order valence-electron chi connectivity index (χ1n) is 6.23. The second kappa shape index (κ2) is 6.20. The second-order valence-corrected chi connectivity index (χ2v) is 4.42. The minimum absolute atomic E-state index is 0.223. The highest BCUT2D eigenvalue weighted by atomic mass is 19.4. The van der Waals surface area contributed by atoms with Crippen LogP contribution in [0.25, 0.3) is 5.69 Å². The van der Waals surface area contributed by atoms with E-state index >= 15 is 0 Å². The third-order valence-corrected chi connectivity index (χ3v) is 2.74. The molecule has 6 nitrogen and oxygen atoms in total. The molecule has 2 rings (SSSR count). The number of nitrogens with zero attached hydrogens (tertiary/aromatic N) is 5. The first-order chi connectivity index (χ1) is 10.8. The van der Waals surface area contributed by atoms with Gasteiger partial charge >= 0.3 is 6.18 Å². The summed E-state index contributed by atoms with van der Waals surface area (Å²) in [5.74, 6) is 0. The maximum atomic E-state index is 13.0. The fourth-order valence-corrected chi connectivity index (χ4v) is 1.77. The number of hydrogen-bond donors (Lipinski definition) is 1. The molecule has 0 saturated heterocycles. The molecule has 1 heterocycles. The maximum Gasteiger partial charge on any atom is 0.433 e. The molecule has 0 radical (unpaired) electrons. The van der Waals surface area contributed by atoms with Gasteiger partial charge < -0.3 is 0 Å². The highest BCUT2D eigenvalue weighted by Gasteiger charge is 2.35. The lowest BCUT2D eigenvalue weighted by Gasteiger charge is -2.10. The topological polar surface area (TPSA) is 89.8 Å². The molecule has 0 bridgehead atoms. The van der Waals surface area contributed by atoms with E-state index in [1.54, 1.807) is 12.1 Å². The van der Waals surface area contributed by atoms with Crippen molar-refractivity contribution >= 4 is 11.4 Å². The molecule has 116 valence electrons. The molecule has 0 unspecified atom stereocenters. The van der Waals surface area contributed by atoms with Crippen LogP contribution < -0.4 is 5.43 Å². The van der Waals surface area contributed by atoms with Crippen molar-refractivity contribution in [1.29, 1.82) is 10.5 Å². The van der Waals surface area contributed by atoms with Crippen LogP contribution in [0.3, 0.4) is 0 Å². The van der Waals surface area contributed by atoms with Gasteiger partial charge in [-0.1, -0.05) is 0 Å². The third-order valence-electron chi connectivity index (χ3n) is 2.74. The average molecular weight is 318 g/mol. The predicted octanol–water partition coefficient (Wildman–Crippen LogP) is 3.01. The zero-order valence-corrected chi connectivity index (χ0v) is 11.8. The zero-order valence-electron chi connectivity index (χ0n) is 11.8. The Morgan fingerprint density at radius 2 is 1.83 bits per heavy atom. The van der Waals surface area contributed by atoms with Crippen LogP contribution >= 0.6 is 0 Å². The average Bonchev–Trinajstić information content (AvgIpc) is 2.91. The molecule has 1 aromatic carbocycles. The molecule has 0 saturated carbocycles. The number of anilines is 1. The van der Waals surface area contributed by atoms with Crippen molar-refractivity contribution in [2.45, 2.75) is 13.1 Å². The van der Waals surface area contributed by atoms with E-state index in [1.807, 2.05) is 0 Å². The molecule has 1 N–H and O–H groups in total. The van der Waals surface area contributed by atoms with Crippen LogP contribution in [0.5, 0.6) is 0 Å². The summed E-state index contributed by atoms with van der Waals surface area (Å²) in [6, 6.07) is 9.86. The highest BCUT2D eigenvalue weighted by molar-refractivity contribution is 6.10. The van der Waals surface area contributed by atoms with E-state index in [0.717, 1.165) is 10.7 Å². The number of hydrogen-bond acceptors (Lipinski definition) is 5.